The number of carbonyl (C=O) groups excluding carboxylic acids is 2. The largest absolute Gasteiger partial charge is 0.472 e. The van der Waals surface area contributed by atoms with Crippen molar-refractivity contribution in [3.8, 4) is 0 Å². The van der Waals surface area contributed by atoms with Crippen LogP contribution in [0.3, 0.4) is 0 Å². The number of phosphoric ester groups is 1. The molecule has 0 saturated heterocycles. The van der Waals surface area contributed by atoms with Crippen LogP contribution >= 0.6 is 7.82 Å². The van der Waals surface area contributed by atoms with Crippen LogP contribution in [0.1, 0.15) is 431 Å². The van der Waals surface area contributed by atoms with Crippen molar-refractivity contribution in [1.82, 2.24) is 0 Å². The first-order valence-corrected chi connectivity index (χ1v) is 40.8. The van der Waals surface area contributed by atoms with Gasteiger partial charge in [-0.2, -0.15) is 0 Å². The first-order chi connectivity index (χ1) is 43.3. The van der Waals surface area contributed by atoms with E-state index in [9.17, 15) is 19.0 Å². The smallest absolute Gasteiger partial charge is 0.462 e. The van der Waals surface area contributed by atoms with Crippen LogP contribution in [0.25, 0.3) is 0 Å². The van der Waals surface area contributed by atoms with Gasteiger partial charge < -0.3 is 20.1 Å². The van der Waals surface area contributed by atoms with E-state index in [0.717, 1.165) is 38.5 Å². The maximum absolute atomic E-state index is 12.8. The first kappa shape index (κ1) is 86.5. The second-order valence-electron chi connectivity index (χ2n) is 26.9. The van der Waals surface area contributed by atoms with Gasteiger partial charge in [-0.3, -0.25) is 18.6 Å². The highest BCUT2D eigenvalue weighted by atomic mass is 31.2. The molecule has 3 N–H and O–H groups in total. The number of allylic oxidation sites excluding steroid dienone is 4. The van der Waals surface area contributed by atoms with Crippen LogP contribution in [0.5, 0.6) is 0 Å². The molecule has 9 nitrogen and oxygen atoms in total. The van der Waals surface area contributed by atoms with Gasteiger partial charge >= 0.3 is 19.8 Å². The minimum atomic E-state index is -4.39. The number of carbonyl (C=O) groups is 2. The van der Waals surface area contributed by atoms with Gasteiger partial charge in [-0.05, 0) is 44.9 Å². The highest BCUT2D eigenvalue weighted by molar-refractivity contribution is 7.47. The molecule has 0 heterocycles. The second kappa shape index (κ2) is 74.5. The maximum atomic E-state index is 12.8. The van der Waals surface area contributed by atoms with Crippen LogP contribution in [0.2, 0.25) is 0 Å². The van der Waals surface area contributed by atoms with Crippen LogP contribution in [-0.4, -0.2) is 49.3 Å². The van der Waals surface area contributed by atoms with Crippen molar-refractivity contribution in [2.24, 2.45) is 5.73 Å². The topological polar surface area (TPSA) is 134 Å². The van der Waals surface area contributed by atoms with Gasteiger partial charge in [-0.15, -0.1) is 0 Å². The summed E-state index contributed by atoms with van der Waals surface area (Å²) in [5, 5.41) is 0. The second-order valence-corrected chi connectivity index (χ2v) is 28.4. The molecule has 0 aromatic rings. The molecule has 0 aromatic heterocycles. The molecule has 0 amide bonds. The minimum absolute atomic E-state index is 0.0573. The van der Waals surface area contributed by atoms with Crippen molar-refractivity contribution >= 4 is 19.8 Å². The quantitative estimate of drug-likeness (QED) is 0.0264. The summed E-state index contributed by atoms with van der Waals surface area (Å²) in [7, 11) is -4.39. The Balaban J connectivity index is 3.75. The lowest BCUT2D eigenvalue weighted by Crippen LogP contribution is -2.29. The number of hydrogen-bond donors (Lipinski definition) is 2. The number of rotatable bonds is 76. The van der Waals surface area contributed by atoms with Crippen LogP contribution in [0, 0.1) is 0 Å². The lowest BCUT2D eigenvalue weighted by Gasteiger charge is -2.19. The van der Waals surface area contributed by atoms with Crippen molar-refractivity contribution in [3.05, 3.63) is 24.3 Å². The number of nitrogens with two attached hydrogens (primary N) is 1. The Morgan fingerprint density at radius 2 is 0.591 bits per heavy atom. The molecular weight excluding hydrogens is 1110 g/mol. The summed E-state index contributed by atoms with van der Waals surface area (Å²) in [6.45, 7) is 3.83. The van der Waals surface area contributed by atoms with E-state index < -0.39 is 26.5 Å². The van der Waals surface area contributed by atoms with E-state index in [1.165, 1.54) is 360 Å². The molecule has 522 valence electrons. The fourth-order valence-electron chi connectivity index (χ4n) is 12.3. The summed E-state index contributed by atoms with van der Waals surface area (Å²) < 4.78 is 33.3. The van der Waals surface area contributed by atoms with Crippen molar-refractivity contribution < 1.29 is 37.6 Å². The highest BCUT2D eigenvalue weighted by Gasteiger charge is 2.26. The predicted molar refractivity (Wildman–Crippen MR) is 381 cm³/mol. The number of phosphoric acid groups is 1. The van der Waals surface area contributed by atoms with Gasteiger partial charge in [0.05, 0.1) is 13.2 Å². The molecule has 0 fully saturated rings. The Morgan fingerprint density at radius 3 is 0.864 bits per heavy atom. The molecule has 10 heteroatoms. The monoisotopic (exact) mass is 1260 g/mol. The summed E-state index contributed by atoms with van der Waals surface area (Å²) in [5.41, 5.74) is 5.41. The predicted octanol–water partition coefficient (Wildman–Crippen LogP) is 26.0. The molecule has 0 spiro atoms. The molecule has 0 aliphatic rings. The minimum Gasteiger partial charge on any atom is -0.462 e. The van der Waals surface area contributed by atoms with Gasteiger partial charge in [-0.25, -0.2) is 4.57 Å². The van der Waals surface area contributed by atoms with Gasteiger partial charge in [0.25, 0.3) is 0 Å². The Hall–Kier alpha value is -1.51. The van der Waals surface area contributed by atoms with E-state index >= 15 is 0 Å². The van der Waals surface area contributed by atoms with E-state index in [2.05, 4.69) is 38.2 Å². The summed E-state index contributed by atoms with van der Waals surface area (Å²) in [5.74, 6) is -0.799. The van der Waals surface area contributed by atoms with Gasteiger partial charge in [0.2, 0.25) is 0 Å². The third kappa shape index (κ3) is 73.5. The Labute approximate surface area is 548 Å². The summed E-state index contributed by atoms with van der Waals surface area (Å²) in [6.07, 6.45) is 93.2. The maximum Gasteiger partial charge on any atom is 0.472 e. The molecule has 0 bridgehead atoms. The molecule has 0 rings (SSSR count). The van der Waals surface area contributed by atoms with Crippen LogP contribution in [-0.2, 0) is 32.7 Å². The van der Waals surface area contributed by atoms with Crippen molar-refractivity contribution in [2.75, 3.05) is 26.4 Å². The molecule has 0 aliphatic carbocycles. The fourth-order valence-corrected chi connectivity index (χ4v) is 13.0. The molecule has 0 aliphatic heterocycles. The zero-order valence-electron chi connectivity index (χ0n) is 59.0. The van der Waals surface area contributed by atoms with E-state index in [-0.39, 0.29) is 38.6 Å². The Bertz CT molecular complexity index is 1490. The molecule has 0 saturated carbocycles. The zero-order chi connectivity index (χ0) is 63.7. The number of hydrogen-bond acceptors (Lipinski definition) is 8. The van der Waals surface area contributed by atoms with E-state index in [0.29, 0.717) is 6.42 Å². The third-order valence-electron chi connectivity index (χ3n) is 18.1. The van der Waals surface area contributed by atoms with Crippen LogP contribution in [0.15, 0.2) is 24.3 Å². The summed E-state index contributed by atoms with van der Waals surface area (Å²) >= 11 is 0. The third-order valence-corrected chi connectivity index (χ3v) is 19.1. The summed E-state index contributed by atoms with van der Waals surface area (Å²) in [4.78, 5) is 35.4. The first-order valence-electron chi connectivity index (χ1n) is 39.3. The summed E-state index contributed by atoms with van der Waals surface area (Å²) in [6, 6.07) is 0. The van der Waals surface area contributed by atoms with Gasteiger partial charge in [-0.1, -0.05) is 398 Å². The molecule has 0 aromatic carbocycles. The van der Waals surface area contributed by atoms with Crippen LogP contribution in [0.4, 0.5) is 0 Å². The lowest BCUT2D eigenvalue weighted by atomic mass is 10.0. The van der Waals surface area contributed by atoms with Gasteiger partial charge in [0, 0.05) is 19.4 Å². The van der Waals surface area contributed by atoms with E-state index in [4.69, 9.17) is 24.3 Å². The Morgan fingerprint density at radius 1 is 0.341 bits per heavy atom. The van der Waals surface area contributed by atoms with Gasteiger partial charge in [0.1, 0.15) is 6.61 Å². The normalized spacial score (nSPS) is 12.9. The lowest BCUT2D eigenvalue weighted by molar-refractivity contribution is -0.161. The molecular formula is C78H152NO8P. The Kier molecular flexibility index (Phi) is 73.3. The van der Waals surface area contributed by atoms with E-state index in [1.54, 1.807) is 0 Å². The zero-order valence-corrected chi connectivity index (χ0v) is 59.9. The molecule has 2 unspecified atom stereocenters. The SMILES string of the molecule is CCCCCCC/C=C\C/C=C\CCCCCCCCCCCCCCCCCCCCCCCC(=O)OC(COC(=O)CCCCCCCCCCCCCCCCCCCCCCCCCCCCCCCCCCCC)COP(=O)(O)OCCN. The standard InChI is InChI=1S/C78H152NO8P/c1-3-5-7-9-11-13-15-17-19-21-23-25-27-29-31-33-35-37-39-40-42-44-46-48-50-52-54-56-58-60-62-64-66-68-70-77(80)84-74-76(75-86-88(82,83)85-73-72-79)87-78(81)71-69-67-65-63-61-59-57-55-53-51-49-47-45-43-41-38-36-34-32-30-28-26-24-22-20-18-16-14-12-10-8-6-4-2/h16,18,22,24,76H,3-15,17,19-21,23,25-75,79H2,1-2H3,(H,82,83)/b18-16-,24-22-. The van der Waals surface area contributed by atoms with Gasteiger partial charge in [0.15, 0.2) is 6.10 Å². The van der Waals surface area contributed by atoms with E-state index in [1.807, 2.05) is 0 Å². The average Bonchev–Trinajstić information content (AvgIpc) is 3.53. The number of unbranched alkanes of at least 4 members (excludes halogenated alkanes) is 59. The number of ether oxygens (including phenoxy) is 2. The highest BCUT2D eigenvalue weighted by Crippen LogP contribution is 2.43. The average molecular weight is 1260 g/mol. The van der Waals surface area contributed by atoms with Crippen LogP contribution < -0.4 is 5.73 Å². The van der Waals surface area contributed by atoms with Crippen molar-refractivity contribution in [3.63, 3.8) is 0 Å². The molecule has 0 radical (unpaired) electrons. The molecule has 2 atom stereocenters. The molecule has 88 heavy (non-hydrogen) atoms. The fraction of sp³-hybridized carbons (Fsp3) is 0.923. The van der Waals surface area contributed by atoms with Crippen molar-refractivity contribution in [2.45, 2.75) is 437 Å². The number of esters is 2. The van der Waals surface area contributed by atoms with Crippen molar-refractivity contribution in [1.29, 1.82) is 0 Å².